The smallest absolute Gasteiger partial charge is 0.377 e. The summed E-state index contributed by atoms with van der Waals surface area (Å²) >= 11 is 5.73. The van der Waals surface area contributed by atoms with Gasteiger partial charge in [-0.05, 0) is 29.8 Å². The van der Waals surface area contributed by atoms with Crippen LogP contribution in [0.3, 0.4) is 0 Å². The lowest BCUT2D eigenvalue weighted by molar-refractivity contribution is -0.143. The maximum absolute atomic E-state index is 14.1. The van der Waals surface area contributed by atoms with Crippen LogP contribution in [0.2, 0.25) is 5.02 Å². The Morgan fingerprint density at radius 3 is 2.05 bits per heavy atom. The number of anilines is 3. The summed E-state index contributed by atoms with van der Waals surface area (Å²) in [4.78, 5) is 6.03. The Morgan fingerprint density at radius 2 is 1.46 bits per heavy atom. The van der Waals surface area contributed by atoms with Crippen LogP contribution in [0.15, 0.2) is 42.5 Å². The number of nitrogens with zero attached hydrogens (tertiary/aromatic N) is 3. The van der Waals surface area contributed by atoms with Gasteiger partial charge < -0.3 is 20.6 Å². The Hall–Kier alpha value is -3.43. The molecule has 4 rings (SSSR count). The summed E-state index contributed by atoms with van der Waals surface area (Å²) in [6, 6.07) is 7.76. The number of aliphatic hydroxyl groups is 1. The molecule has 0 radical (unpaired) electrons. The third-order valence-corrected chi connectivity index (χ3v) is 6.67. The summed E-state index contributed by atoms with van der Waals surface area (Å²) in [5.74, 6) is -4.50. The second-order valence-corrected chi connectivity index (χ2v) is 9.39. The summed E-state index contributed by atoms with van der Waals surface area (Å²) in [6.07, 6.45) is -11.7. The normalized spacial score (nSPS) is 15.6. The van der Waals surface area contributed by atoms with Gasteiger partial charge >= 0.3 is 12.4 Å². The van der Waals surface area contributed by atoms with Crippen LogP contribution in [0.4, 0.5) is 56.6 Å². The van der Waals surface area contributed by atoms with Crippen LogP contribution >= 0.6 is 11.6 Å². The molecule has 1 aliphatic heterocycles. The molecule has 222 valence electrons. The van der Waals surface area contributed by atoms with Gasteiger partial charge in [-0.15, -0.1) is 0 Å². The van der Waals surface area contributed by atoms with Gasteiger partial charge in [0.2, 0.25) is 11.8 Å². The molecule has 1 aliphatic rings. The number of alkyl halides is 6. The van der Waals surface area contributed by atoms with Gasteiger partial charge in [0.25, 0.3) is 5.95 Å². The van der Waals surface area contributed by atoms with E-state index in [-0.39, 0.29) is 38.8 Å². The predicted molar refractivity (Wildman–Crippen MR) is 133 cm³/mol. The number of hydrogen-bond acceptors (Lipinski definition) is 6. The number of hydrogen-bond donors (Lipinski definition) is 3. The molecule has 6 nitrogen and oxygen atoms in total. The minimum Gasteiger partial charge on any atom is -0.377 e. The number of rotatable bonds is 7. The van der Waals surface area contributed by atoms with Crippen molar-refractivity contribution in [1.82, 2.24) is 9.88 Å². The number of aliphatic hydroxyl groups excluding tert-OH is 1. The van der Waals surface area contributed by atoms with Crippen LogP contribution in [-0.4, -0.2) is 47.5 Å². The lowest BCUT2D eigenvalue weighted by atomic mass is 10.1. The molecule has 0 aliphatic carbocycles. The average Bonchev–Trinajstić information content (AvgIpc) is 2.91. The summed E-state index contributed by atoms with van der Waals surface area (Å²) in [5, 5.41) is 14.7. The molecule has 1 aromatic heterocycles. The highest BCUT2D eigenvalue weighted by Crippen LogP contribution is 2.38. The van der Waals surface area contributed by atoms with Gasteiger partial charge in [-0.2, -0.15) is 44.5 Å². The SMILES string of the molecule is OC(Nc1cc(C(F)(F)F)cc(C(F)(F)F)c1)N1CCN(c2ccccc2CNc2c(F)c(F)nc(F)c2Cl)CC1. The second kappa shape index (κ2) is 11.8. The standard InChI is InChI=1S/C25H21ClF9N5O/c26-18-20(19(27)22(29)38-21(18)28)36-12-13-3-1-2-4-17(13)39-5-7-40(8-6-39)23(41)37-16-10-14(24(30,31)32)9-15(11-16)25(33,34)35/h1-4,9-11,23,37,41H,5-8,12H2,(H,36,38). The van der Waals surface area contributed by atoms with E-state index in [0.29, 0.717) is 23.4 Å². The molecule has 0 amide bonds. The van der Waals surface area contributed by atoms with E-state index in [0.717, 1.165) is 0 Å². The van der Waals surface area contributed by atoms with Crippen molar-refractivity contribution in [2.75, 3.05) is 41.7 Å². The third kappa shape index (κ3) is 7.08. The van der Waals surface area contributed by atoms with Crippen molar-refractivity contribution in [3.63, 3.8) is 0 Å². The monoisotopic (exact) mass is 613 g/mol. The molecule has 2 heterocycles. The molecule has 16 heteroatoms. The number of benzene rings is 2. The highest BCUT2D eigenvalue weighted by Gasteiger charge is 2.37. The van der Waals surface area contributed by atoms with E-state index >= 15 is 0 Å². The van der Waals surface area contributed by atoms with Crippen molar-refractivity contribution < 1.29 is 44.6 Å². The first-order chi connectivity index (χ1) is 19.1. The van der Waals surface area contributed by atoms with Crippen LogP contribution in [0.5, 0.6) is 0 Å². The van der Waals surface area contributed by atoms with Gasteiger partial charge in [0.1, 0.15) is 5.02 Å². The lowest BCUT2D eigenvalue weighted by Gasteiger charge is -2.39. The van der Waals surface area contributed by atoms with E-state index in [4.69, 9.17) is 11.6 Å². The van der Waals surface area contributed by atoms with Gasteiger partial charge in [0.15, 0.2) is 6.35 Å². The minimum absolute atomic E-state index is 0.00730. The van der Waals surface area contributed by atoms with E-state index in [2.05, 4.69) is 15.6 Å². The van der Waals surface area contributed by atoms with E-state index in [1.54, 1.807) is 24.3 Å². The Bertz CT molecular complexity index is 1340. The molecular formula is C25H21ClF9N5O. The number of piperazine rings is 1. The number of halogens is 10. The Kier molecular flexibility index (Phi) is 8.80. The number of nitrogens with one attached hydrogen (secondary N) is 2. The van der Waals surface area contributed by atoms with Crippen molar-refractivity contribution in [3.05, 3.63) is 81.9 Å². The van der Waals surface area contributed by atoms with Gasteiger partial charge in [0.05, 0.1) is 16.8 Å². The van der Waals surface area contributed by atoms with E-state index in [9.17, 15) is 44.6 Å². The largest absolute Gasteiger partial charge is 0.416 e. The quantitative estimate of drug-likeness (QED) is 0.165. The van der Waals surface area contributed by atoms with Crippen LogP contribution in [0.25, 0.3) is 0 Å². The van der Waals surface area contributed by atoms with Crippen LogP contribution in [0, 0.1) is 17.7 Å². The Labute approximate surface area is 232 Å². The van der Waals surface area contributed by atoms with Gasteiger partial charge in [-0.1, -0.05) is 29.8 Å². The first-order valence-corrected chi connectivity index (χ1v) is 12.3. The first-order valence-electron chi connectivity index (χ1n) is 11.9. The molecule has 1 atom stereocenters. The maximum atomic E-state index is 14.1. The van der Waals surface area contributed by atoms with Crippen molar-refractivity contribution >= 4 is 28.7 Å². The lowest BCUT2D eigenvalue weighted by Crippen LogP contribution is -2.52. The van der Waals surface area contributed by atoms with E-state index in [1.807, 2.05) is 4.90 Å². The number of aromatic nitrogens is 1. The molecule has 0 spiro atoms. The number of pyridine rings is 1. The zero-order chi connectivity index (χ0) is 30.1. The van der Waals surface area contributed by atoms with Crippen molar-refractivity contribution in [2.45, 2.75) is 25.2 Å². The number of para-hydroxylation sites is 1. The van der Waals surface area contributed by atoms with Crippen LogP contribution < -0.4 is 15.5 Å². The summed E-state index contributed by atoms with van der Waals surface area (Å²) in [7, 11) is 0. The van der Waals surface area contributed by atoms with Crippen LogP contribution in [-0.2, 0) is 18.9 Å². The van der Waals surface area contributed by atoms with E-state index < -0.39 is 63.9 Å². The predicted octanol–water partition coefficient (Wildman–Crippen LogP) is 6.31. The minimum atomic E-state index is -5.03. The molecule has 1 saturated heterocycles. The molecule has 41 heavy (non-hydrogen) atoms. The molecule has 0 bridgehead atoms. The second-order valence-electron chi connectivity index (χ2n) is 9.01. The first kappa shape index (κ1) is 30.5. The van der Waals surface area contributed by atoms with Crippen LogP contribution in [0.1, 0.15) is 16.7 Å². The van der Waals surface area contributed by atoms with E-state index in [1.165, 1.54) is 4.90 Å². The fraction of sp³-hybridized carbons (Fsp3) is 0.320. The van der Waals surface area contributed by atoms with Crippen molar-refractivity contribution in [2.24, 2.45) is 0 Å². The summed E-state index contributed by atoms with van der Waals surface area (Å²) in [5.41, 5.74) is -2.95. The Morgan fingerprint density at radius 1 is 0.878 bits per heavy atom. The highest BCUT2D eigenvalue weighted by molar-refractivity contribution is 6.33. The van der Waals surface area contributed by atoms with Crippen molar-refractivity contribution in [3.8, 4) is 0 Å². The fourth-order valence-corrected chi connectivity index (χ4v) is 4.47. The molecule has 1 fully saturated rings. The zero-order valence-electron chi connectivity index (χ0n) is 20.7. The highest BCUT2D eigenvalue weighted by atomic mass is 35.5. The molecule has 2 aromatic carbocycles. The summed E-state index contributed by atoms with van der Waals surface area (Å²) < 4.78 is 120. The van der Waals surface area contributed by atoms with Crippen molar-refractivity contribution in [1.29, 1.82) is 0 Å². The zero-order valence-corrected chi connectivity index (χ0v) is 21.5. The third-order valence-electron chi connectivity index (χ3n) is 6.33. The topological polar surface area (TPSA) is 63.7 Å². The molecule has 1 unspecified atom stereocenters. The Balaban J connectivity index is 1.43. The molecular weight excluding hydrogens is 593 g/mol. The van der Waals surface area contributed by atoms with Gasteiger partial charge in [0, 0.05) is 44.1 Å². The fourth-order valence-electron chi connectivity index (χ4n) is 4.28. The molecule has 3 N–H and O–H groups in total. The molecule has 3 aromatic rings. The van der Waals surface area contributed by atoms with Gasteiger partial charge in [-0.3, -0.25) is 4.90 Å². The average molecular weight is 614 g/mol. The molecule has 0 saturated carbocycles. The van der Waals surface area contributed by atoms with Gasteiger partial charge in [-0.25, -0.2) is 0 Å². The maximum Gasteiger partial charge on any atom is 0.416 e. The summed E-state index contributed by atoms with van der Waals surface area (Å²) in [6.45, 7) is 0.779.